The van der Waals surface area contributed by atoms with Crippen LogP contribution in [-0.4, -0.2) is 25.1 Å². The van der Waals surface area contributed by atoms with E-state index in [9.17, 15) is 4.79 Å². The molecular formula is C19H19N3O2. The number of aliphatic imine (C=N–C) groups is 1. The Morgan fingerprint density at radius 2 is 1.96 bits per heavy atom. The Balaban J connectivity index is 1.86. The minimum Gasteiger partial charge on any atom is -0.445 e. The summed E-state index contributed by atoms with van der Waals surface area (Å²) in [6.45, 7) is 4.41. The quantitative estimate of drug-likeness (QED) is 0.863. The van der Waals surface area contributed by atoms with E-state index in [-0.39, 0.29) is 6.61 Å². The molecule has 1 heterocycles. The molecule has 0 aliphatic carbocycles. The van der Waals surface area contributed by atoms with Crippen LogP contribution in [0.4, 0.5) is 21.9 Å². The number of para-hydroxylation sites is 3. The number of amidine groups is 1. The van der Waals surface area contributed by atoms with Crippen LogP contribution in [0.25, 0.3) is 0 Å². The fourth-order valence-corrected chi connectivity index (χ4v) is 2.58. The SMILES string of the molecule is C=CCOC(=O)NC1=Nc2ccccc2N(c2ccccc2)CC1. The first kappa shape index (κ1) is 15.8. The molecule has 0 spiro atoms. The zero-order valence-corrected chi connectivity index (χ0v) is 13.3. The zero-order valence-electron chi connectivity index (χ0n) is 13.3. The monoisotopic (exact) mass is 321 g/mol. The van der Waals surface area contributed by atoms with Crippen molar-refractivity contribution in [1.29, 1.82) is 0 Å². The summed E-state index contributed by atoms with van der Waals surface area (Å²) in [4.78, 5) is 18.6. The topological polar surface area (TPSA) is 53.9 Å². The summed E-state index contributed by atoms with van der Waals surface area (Å²) in [6.07, 6.45) is 1.62. The van der Waals surface area contributed by atoms with Crippen molar-refractivity contribution in [3.63, 3.8) is 0 Å². The minimum absolute atomic E-state index is 0.172. The van der Waals surface area contributed by atoms with E-state index in [1.54, 1.807) is 0 Å². The number of hydrogen-bond donors (Lipinski definition) is 1. The number of amides is 1. The van der Waals surface area contributed by atoms with E-state index in [2.05, 4.69) is 33.9 Å². The normalized spacial score (nSPS) is 13.3. The number of ether oxygens (including phenoxy) is 1. The second-order valence-corrected chi connectivity index (χ2v) is 5.30. The fourth-order valence-electron chi connectivity index (χ4n) is 2.58. The van der Waals surface area contributed by atoms with Crippen LogP contribution in [0.2, 0.25) is 0 Å². The molecule has 24 heavy (non-hydrogen) atoms. The van der Waals surface area contributed by atoms with Crippen LogP contribution in [0, 0.1) is 0 Å². The lowest BCUT2D eigenvalue weighted by atomic mass is 10.2. The number of carbonyl (C=O) groups is 1. The number of rotatable bonds is 3. The van der Waals surface area contributed by atoms with Crippen LogP contribution in [-0.2, 0) is 4.74 Å². The Kier molecular flexibility index (Phi) is 4.91. The number of alkyl carbamates (subject to hydrolysis) is 1. The van der Waals surface area contributed by atoms with Gasteiger partial charge >= 0.3 is 6.09 Å². The lowest BCUT2D eigenvalue weighted by Crippen LogP contribution is -2.32. The lowest BCUT2D eigenvalue weighted by Gasteiger charge is -2.24. The molecule has 1 aliphatic heterocycles. The van der Waals surface area contributed by atoms with Crippen molar-refractivity contribution in [3.8, 4) is 0 Å². The molecule has 0 saturated carbocycles. The number of nitrogens with one attached hydrogen (secondary N) is 1. The standard InChI is InChI=1S/C19H19N3O2/c1-2-14-24-19(23)21-18-12-13-22(15-8-4-3-5-9-15)17-11-7-6-10-16(17)20-18/h2-11H,1,12-14H2,(H,20,21,23). The maximum atomic E-state index is 11.8. The van der Waals surface area contributed by atoms with Crippen LogP contribution in [0.1, 0.15) is 6.42 Å². The first-order valence-electron chi connectivity index (χ1n) is 7.82. The van der Waals surface area contributed by atoms with Crippen LogP contribution in [0.3, 0.4) is 0 Å². The second kappa shape index (κ2) is 7.46. The predicted octanol–water partition coefficient (Wildman–Crippen LogP) is 4.17. The van der Waals surface area contributed by atoms with Gasteiger partial charge in [-0.05, 0) is 24.3 Å². The van der Waals surface area contributed by atoms with Gasteiger partial charge in [0.2, 0.25) is 0 Å². The molecule has 0 saturated heterocycles. The summed E-state index contributed by atoms with van der Waals surface area (Å²) >= 11 is 0. The van der Waals surface area contributed by atoms with E-state index in [1.165, 1.54) is 6.08 Å². The highest BCUT2D eigenvalue weighted by Gasteiger charge is 2.19. The molecule has 122 valence electrons. The van der Waals surface area contributed by atoms with Crippen molar-refractivity contribution in [2.75, 3.05) is 18.1 Å². The number of nitrogens with zero attached hydrogens (tertiary/aromatic N) is 2. The van der Waals surface area contributed by atoms with E-state index in [4.69, 9.17) is 4.74 Å². The molecule has 2 aromatic rings. The third-order valence-electron chi connectivity index (χ3n) is 3.65. The molecule has 1 aliphatic rings. The van der Waals surface area contributed by atoms with Gasteiger partial charge in [0.05, 0.1) is 11.4 Å². The molecule has 1 N–H and O–H groups in total. The van der Waals surface area contributed by atoms with Gasteiger partial charge in [0, 0.05) is 18.7 Å². The molecule has 0 unspecified atom stereocenters. The Morgan fingerprint density at radius 3 is 2.75 bits per heavy atom. The van der Waals surface area contributed by atoms with Gasteiger partial charge < -0.3 is 9.64 Å². The molecule has 0 radical (unpaired) electrons. The Bertz CT molecular complexity index is 756. The summed E-state index contributed by atoms with van der Waals surface area (Å²) in [5.74, 6) is 0.593. The summed E-state index contributed by atoms with van der Waals surface area (Å²) in [7, 11) is 0. The highest BCUT2D eigenvalue weighted by atomic mass is 16.5. The Hall–Kier alpha value is -3.08. The molecule has 2 aromatic carbocycles. The maximum Gasteiger partial charge on any atom is 0.412 e. The van der Waals surface area contributed by atoms with Crippen LogP contribution >= 0.6 is 0 Å². The molecule has 5 nitrogen and oxygen atoms in total. The Labute approximate surface area is 141 Å². The molecule has 0 atom stereocenters. The first-order valence-corrected chi connectivity index (χ1v) is 7.82. The van der Waals surface area contributed by atoms with Gasteiger partial charge in [-0.2, -0.15) is 0 Å². The fraction of sp³-hybridized carbons (Fsp3) is 0.158. The molecule has 0 aromatic heterocycles. The number of fused-ring (bicyclic) bond motifs is 1. The summed E-state index contributed by atoms with van der Waals surface area (Å²) in [5, 5.41) is 2.72. The zero-order chi connectivity index (χ0) is 16.8. The maximum absolute atomic E-state index is 11.8. The van der Waals surface area contributed by atoms with E-state index in [1.807, 2.05) is 42.5 Å². The third-order valence-corrected chi connectivity index (χ3v) is 3.65. The van der Waals surface area contributed by atoms with Crippen LogP contribution in [0.15, 0.2) is 72.2 Å². The van der Waals surface area contributed by atoms with E-state index < -0.39 is 6.09 Å². The van der Waals surface area contributed by atoms with Gasteiger partial charge in [-0.15, -0.1) is 0 Å². The van der Waals surface area contributed by atoms with E-state index in [0.29, 0.717) is 18.8 Å². The van der Waals surface area contributed by atoms with Crippen molar-refractivity contribution in [1.82, 2.24) is 5.32 Å². The molecule has 5 heteroatoms. The average molecular weight is 321 g/mol. The van der Waals surface area contributed by atoms with Gasteiger partial charge in [0.25, 0.3) is 0 Å². The van der Waals surface area contributed by atoms with Gasteiger partial charge in [0.1, 0.15) is 12.4 Å². The summed E-state index contributed by atoms with van der Waals surface area (Å²) in [6, 6.07) is 18.0. The van der Waals surface area contributed by atoms with Gasteiger partial charge in [-0.3, -0.25) is 5.32 Å². The number of anilines is 2. The summed E-state index contributed by atoms with van der Waals surface area (Å²) < 4.78 is 4.97. The van der Waals surface area contributed by atoms with Gasteiger partial charge in [-0.25, -0.2) is 9.79 Å². The average Bonchev–Trinajstić information content (AvgIpc) is 2.80. The smallest absolute Gasteiger partial charge is 0.412 e. The molecule has 1 amide bonds. The molecule has 0 bridgehead atoms. The van der Waals surface area contributed by atoms with Crippen molar-refractivity contribution in [2.24, 2.45) is 4.99 Å². The highest BCUT2D eigenvalue weighted by molar-refractivity contribution is 5.99. The lowest BCUT2D eigenvalue weighted by molar-refractivity contribution is 0.164. The predicted molar refractivity (Wildman–Crippen MR) is 96.3 cm³/mol. The van der Waals surface area contributed by atoms with Crippen molar-refractivity contribution < 1.29 is 9.53 Å². The second-order valence-electron chi connectivity index (χ2n) is 5.30. The third kappa shape index (κ3) is 3.63. The van der Waals surface area contributed by atoms with E-state index >= 15 is 0 Å². The highest BCUT2D eigenvalue weighted by Crippen LogP contribution is 2.35. The van der Waals surface area contributed by atoms with Crippen molar-refractivity contribution >= 4 is 29.0 Å². The minimum atomic E-state index is -0.515. The van der Waals surface area contributed by atoms with Crippen LogP contribution < -0.4 is 10.2 Å². The summed E-state index contributed by atoms with van der Waals surface area (Å²) in [5.41, 5.74) is 2.92. The Morgan fingerprint density at radius 1 is 1.21 bits per heavy atom. The molecule has 3 rings (SSSR count). The number of hydrogen-bond acceptors (Lipinski definition) is 4. The van der Waals surface area contributed by atoms with Crippen molar-refractivity contribution in [3.05, 3.63) is 67.3 Å². The molecular weight excluding hydrogens is 302 g/mol. The number of benzene rings is 2. The largest absolute Gasteiger partial charge is 0.445 e. The first-order chi connectivity index (χ1) is 11.8. The van der Waals surface area contributed by atoms with Gasteiger partial charge in [-0.1, -0.05) is 43.0 Å². The number of carbonyl (C=O) groups excluding carboxylic acids is 1. The van der Waals surface area contributed by atoms with Gasteiger partial charge in [0.15, 0.2) is 0 Å². The van der Waals surface area contributed by atoms with Crippen LogP contribution in [0.5, 0.6) is 0 Å². The molecule has 0 fully saturated rings. The van der Waals surface area contributed by atoms with E-state index in [0.717, 1.165) is 17.1 Å². The van der Waals surface area contributed by atoms with Crippen molar-refractivity contribution in [2.45, 2.75) is 6.42 Å².